The molecule has 1 aromatic heterocycles. The standard InChI is InChI=1S/C14H15FN2O2S/c1-19-8-14-17-12(9-20-14)6-13(18)16-7-10-2-4-11(15)5-3-10/h2-5,9H,6-8H2,1H3,(H,16,18). The minimum absolute atomic E-state index is 0.108. The zero-order valence-corrected chi connectivity index (χ0v) is 11.9. The Morgan fingerprint density at radius 1 is 1.40 bits per heavy atom. The minimum atomic E-state index is -0.284. The predicted molar refractivity (Wildman–Crippen MR) is 74.8 cm³/mol. The third-order valence-electron chi connectivity index (χ3n) is 2.61. The summed E-state index contributed by atoms with van der Waals surface area (Å²) >= 11 is 1.47. The van der Waals surface area contributed by atoms with Gasteiger partial charge in [0.2, 0.25) is 5.91 Å². The lowest BCUT2D eigenvalue weighted by Crippen LogP contribution is -2.24. The number of amides is 1. The summed E-state index contributed by atoms with van der Waals surface area (Å²) in [5, 5.41) is 5.49. The van der Waals surface area contributed by atoms with E-state index in [9.17, 15) is 9.18 Å². The maximum absolute atomic E-state index is 12.7. The first-order chi connectivity index (χ1) is 9.67. The zero-order valence-electron chi connectivity index (χ0n) is 11.1. The third kappa shape index (κ3) is 4.40. The van der Waals surface area contributed by atoms with E-state index in [-0.39, 0.29) is 18.1 Å². The summed E-state index contributed by atoms with van der Waals surface area (Å²) < 4.78 is 17.7. The molecule has 1 heterocycles. The third-order valence-corrected chi connectivity index (χ3v) is 3.48. The van der Waals surface area contributed by atoms with E-state index in [4.69, 9.17) is 4.74 Å². The molecule has 0 atom stereocenters. The number of methoxy groups -OCH3 is 1. The van der Waals surface area contributed by atoms with Crippen molar-refractivity contribution in [3.63, 3.8) is 0 Å². The molecular formula is C14H15FN2O2S. The lowest BCUT2D eigenvalue weighted by molar-refractivity contribution is -0.120. The first-order valence-electron chi connectivity index (χ1n) is 6.10. The van der Waals surface area contributed by atoms with E-state index in [2.05, 4.69) is 10.3 Å². The van der Waals surface area contributed by atoms with Crippen LogP contribution < -0.4 is 5.32 Å². The lowest BCUT2D eigenvalue weighted by Gasteiger charge is -2.04. The molecule has 0 saturated carbocycles. The molecule has 0 aliphatic heterocycles. The molecule has 1 aromatic carbocycles. The highest BCUT2D eigenvalue weighted by Crippen LogP contribution is 2.11. The molecule has 1 amide bonds. The summed E-state index contributed by atoms with van der Waals surface area (Å²) in [6.07, 6.45) is 0.238. The summed E-state index contributed by atoms with van der Waals surface area (Å²) in [4.78, 5) is 16.1. The second-order valence-electron chi connectivity index (χ2n) is 4.25. The van der Waals surface area contributed by atoms with Crippen LogP contribution >= 0.6 is 11.3 Å². The Hall–Kier alpha value is -1.79. The van der Waals surface area contributed by atoms with Crippen LogP contribution in [0.5, 0.6) is 0 Å². The van der Waals surface area contributed by atoms with E-state index in [0.717, 1.165) is 16.3 Å². The molecule has 106 valence electrons. The van der Waals surface area contributed by atoms with Crippen molar-refractivity contribution in [1.29, 1.82) is 0 Å². The quantitative estimate of drug-likeness (QED) is 0.889. The molecule has 0 radical (unpaired) electrons. The number of carbonyl (C=O) groups is 1. The van der Waals surface area contributed by atoms with Crippen LogP contribution in [-0.2, 0) is 29.1 Å². The highest BCUT2D eigenvalue weighted by Gasteiger charge is 2.07. The summed E-state index contributed by atoms with van der Waals surface area (Å²) in [5.41, 5.74) is 1.59. The monoisotopic (exact) mass is 294 g/mol. The molecule has 0 fully saturated rings. The number of rotatable bonds is 6. The Balaban J connectivity index is 1.81. The number of ether oxygens (including phenoxy) is 1. The van der Waals surface area contributed by atoms with Crippen LogP contribution in [0.4, 0.5) is 4.39 Å². The van der Waals surface area contributed by atoms with Gasteiger partial charge < -0.3 is 10.1 Å². The molecule has 0 saturated heterocycles. The van der Waals surface area contributed by atoms with Gasteiger partial charge in [0.25, 0.3) is 0 Å². The Kier molecular flexibility index (Phi) is 5.20. The number of hydrogen-bond donors (Lipinski definition) is 1. The van der Waals surface area contributed by atoms with Crippen molar-refractivity contribution in [3.8, 4) is 0 Å². The first-order valence-corrected chi connectivity index (χ1v) is 6.98. The SMILES string of the molecule is COCc1nc(CC(=O)NCc2ccc(F)cc2)cs1. The van der Waals surface area contributed by atoms with Crippen molar-refractivity contribution in [3.05, 3.63) is 51.7 Å². The van der Waals surface area contributed by atoms with E-state index in [1.54, 1.807) is 19.2 Å². The van der Waals surface area contributed by atoms with Gasteiger partial charge in [0.05, 0.1) is 18.7 Å². The molecule has 0 aliphatic rings. The average molecular weight is 294 g/mol. The van der Waals surface area contributed by atoms with Gasteiger partial charge in [-0.1, -0.05) is 12.1 Å². The molecule has 0 unspecified atom stereocenters. The van der Waals surface area contributed by atoms with Crippen LogP contribution in [0.1, 0.15) is 16.3 Å². The maximum atomic E-state index is 12.7. The molecule has 20 heavy (non-hydrogen) atoms. The van der Waals surface area contributed by atoms with Crippen molar-refractivity contribution in [2.75, 3.05) is 7.11 Å². The molecule has 6 heteroatoms. The van der Waals surface area contributed by atoms with Crippen LogP contribution in [0, 0.1) is 5.82 Å². The number of nitrogens with zero attached hydrogens (tertiary/aromatic N) is 1. The van der Waals surface area contributed by atoms with Gasteiger partial charge in [0, 0.05) is 19.0 Å². The number of hydrogen-bond acceptors (Lipinski definition) is 4. The summed E-state index contributed by atoms with van der Waals surface area (Å²) in [7, 11) is 1.61. The van der Waals surface area contributed by atoms with Crippen molar-refractivity contribution in [1.82, 2.24) is 10.3 Å². The maximum Gasteiger partial charge on any atom is 0.226 e. The fraction of sp³-hybridized carbons (Fsp3) is 0.286. The highest BCUT2D eigenvalue weighted by atomic mass is 32.1. The van der Waals surface area contributed by atoms with E-state index >= 15 is 0 Å². The highest BCUT2D eigenvalue weighted by molar-refractivity contribution is 7.09. The molecular weight excluding hydrogens is 279 g/mol. The number of thiazole rings is 1. The fourth-order valence-corrected chi connectivity index (χ4v) is 2.41. The van der Waals surface area contributed by atoms with E-state index in [1.807, 2.05) is 5.38 Å². The van der Waals surface area contributed by atoms with Gasteiger partial charge in [-0.05, 0) is 17.7 Å². The van der Waals surface area contributed by atoms with Gasteiger partial charge in [0.1, 0.15) is 10.8 Å². The van der Waals surface area contributed by atoms with E-state index in [0.29, 0.717) is 13.2 Å². The number of nitrogens with one attached hydrogen (secondary N) is 1. The zero-order chi connectivity index (χ0) is 14.4. The number of carbonyl (C=O) groups excluding carboxylic acids is 1. The van der Waals surface area contributed by atoms with Crippen LogP contribution in [0.25, 0.3) is 0 Å². The van der Waals surface area contributed by atoms with Crippen LogP contribution in [0.2, 0.25) is 0 Å². The Morgan fingerprint density at radius 3 is 2.85 bits per heavy atom. The average Bonchev–Trinajstić information content (AvgIpc) is 2.86. The van der Waals surface area contributed by atoms with E-state index in [1.165, 1.54) is 23.5 Å². The van der Waals surface area contributed by atoms with Crippen molar-refractivity contribution in [2.24, 2.45) is 0 Å². The minimum Gasteiger partial charge on any atom is -0.378 e. The molecule has 0 bridgehead atoms. The molecule has 2 aromatic rings. The predicted octanol–water partition coefficient (Wildman–Crippen LogP) is 2.29. The van der Waals surface area contributed by atoms with Gasteiger partial charge in [-0.15, -0.1) is 11.3 Å². The smallest absolute Gasteiger partial charge is 0.226 e. The number of aromatic nitrogens is 1. The summed E-state index contributed by atoms with van der Waals surface area (Å²) in [6.45, 7) is 0.843. The van der Waals surface area contributed by atoms with Crippen LogP contribution in [0.15, 0.2) is 29.6 Å². The van der Waals surface area contributed by atoms with Gasteiger partial charge >= 0.3 is 0 Å². The summed E-state index contributed by atoms with van der Waals surface area (Å²) in [6, 6.07) is 6.04. The Bertz CT molecular complexity index is 569. The van der Waals surface area contributed by atoms with E-state index < -0.39 is 0 Å². The van der Waals surface area contributed by atoms with Gasteiger partial charge in [-0.2, -0.15) is 0 Å². The molecule has 2 rings (SSSR count). The lowest BCUT2D eigenvalue weighted by atomic mass is 10.2. The van der Waals surface area contributed by atoms with Gasteiger partial charge in [0.15, 0.2) is 0 Å². The Morgan fingerprint density at radius 2 is 2.15 bits per heavy atom. The normalized spacial score (nSPS) is 10.5. The molecule has 0 spiro atoms. The van der Waals surface area contributed by atoms with Crippen LogP contribution in [-0.4, -0.2) is 18.0 Å². The van der Waals surface area contributed by atoms with Crippen molar-refractivity contribution >= 4 is 17.2 Å². The molecule has 4 nitrogen and oxygen atoms in total. The second kappa shape index (κ2) is 7.12. The van der Waals surface area contributed by atoms with Gasteiger partial charge in [-0.25, -0.2) is 9.37 Å². The molecule has 1 N–H and O–H groups in total. The first kappa shape index (κ1) is 14.6. The molecule has 0 aliphatic carbocycles. The largest absolute Gasteiger partial charge is 0.378 e. The Labute approximate surface area is 120 Å². The number of halogens is 1. The fourth-order valence-electron chi connectivity index (χ4n) is 1.65. The summed E-state index contributed by atoms with van der Waals surface area (Å²) in [5.74, 6) is -0.392. The van der Waals surface area contributed by atoms with Gasteiger partial charge in [-0.3, -0.25) is 4.79 Å². The second-order valence-corrected chi connectivity index (χ2v) is 5.19. The van der Waals surface area contributed by atoms with Crippen LogP contribution in [0.3, 0.4) is 0 Å². The number of benzene rings is 1. The topological polar surface area (TPSA) is 51.2 Å². The van der Waals surface area contributed by atoms with Crippen molar-refractivity contribution in [2.45, 2.75) is 19.6 Å². The van der Waals surface area contributed by atoms with Crippen molar-refractivity contribution < 1.29 is 13.9 Å².